The molecule has 0 N–H and O–H groups in total. The molecule has 0 heterocycles. The minimum atomic E-state index is -1.06. The molecule has 0 aromatic carbocycles. The third-order valence-electron chi connectivity index (χ3n) is 1.33. The molecule has 0 rings (SSSR count). The highest BCUT2D eigenvalue weighted by atomic mass is 19.1. The predicted molar refractivity (Wildman–Crippen MR) is 42.4 cm³/mol. The van der Waals surface area contributed by atoms with Crippen molar-refractivity contribution in [2.24, 2.45) is 5.41 Å². The summed E-state index contributed by atoms with van der Waals surface area (Å²) in [6.07, 6.45) is 5.15. The van der Waals surface area contributed by atoms with Gasteiger partial charge in [-0.25, -0.2) is 4.39 Å². The van der Waals surface area contributed by atoms with E-state index in [9.17, 15) is 4.39 Å². The first-order chi connectivity index (χ1) is 4.45. The third-order valence-corrected chi connectivity index (χ3v) is 1.33. The minimum Gasteiger partial charge on any atom is -0.233 e. The Labute approximate surface area is 62.8 Å². The molecule has 0 aliphatic heterocycles. The second-order valence-electron chi connectivity index (χ2n) is 3.73. The maximum Gasteiger partial charge on any atom is 0.160 e. The molecular weight excluding hydrogens is 127 g/mol. The van der Waals surface area contributed by atoms with E-state index in [1.807, 2.05) is 0 Å². The van der Waals surface area contributed by atoms with Crippen LogP contribution in [-0.2, 0) is 0 Å². The molecule has 10 heavy (non-hydrogen) atoms. The van der Waals surface area contributed by atoms with Crippen molar-refractivity contribution in [1.82, 2.24) is 0 Å². The molecule has 0 saturated heterocycles. The van der Waals surface area contributed by atoms with Crippen molar-refractivity contribution < 1.29 is 4.39 Å². The van der Waals surface area contributed by atoms with E-state index >= 15 is 0 Å². The van der Waals surface area contributed by atoms with Gasteiger partial charge in [0.1, 0.15) is 0 Å². The number of hydrogen-bond donors (Lipinski definition) is 0. The van der Waals surface area contributed by atoms with Crippen molar-refractivity contribution in [2.45, 2.75) is 39.8 Å². The number of terminal acetylenes is 1. The largest absolute Gasteiger partial charge is 0.233 e. The lowest BCUT2D eigenvalue weighted by Gasteiger charge is -2.17. The minimum absolute atomic E-state index is 0.196. The molecule has 1 atom stereocenters. The van der Waals surface area contributed by atoms with Gasteiger partial charge in [-0.2, -0.15) is 0 Å². The van der Waals surface area contributed by atoms with Gasteiger partial charge in [0, 0.05) is 0 Å². The van der Waals surface area contributed by atoms with Crippen LogP contribution < -0.4 is 0 Å². The van der Waals surface area contributed by atoms with E-state index in [0.29, 0.717) is 6.42 Å². The number of rotatable bonds is 2. The average molecular weight is 142 g/mol. The van der Waals surface area contributed by atoms with Gasteiger partial charge in [-0.3, -0.25) is 0 Å². The Morgan fingerprint density at radius 1 is 1.50 bits per heavy atom. The average Bonchev–Trinajstić information content (AvgIpc) is 1.81. The van der Waals surface area contributed by atoms with Crippen LogP contribution in [0.2, 0.25) is 0 Å². The fourth-order valence-corrected chi connectivity index (χ4v) is 0.643. The standard InChI is InChI=1S/C9H15F/c1-5-8(10)6-7-9(2,3)4/h1,8H,6-7H2,2-4H3. The lowest BCUT2D eigenvalue weighted by atomic mass is 9.90. The van der Waals surface area contributed by atoms with Crippen LogP contribution in [0, 0.1) is 17.8 Å². The second-order valence-corrected chi connectivity index (χ2v) is 3.73. The zero-order valence-electron chi connectivity index (χ0n) is 6.95. The van der Waals surface area contributed by atoms with Gasteiger partial charge in [0.2, 0.25) is 0 Å². The van der Waals surface area contributed by atoms with Crippen molar-refractivity contribution in [3.05, 3.63) is 0 Å². The van der Waals surface area contributed by atoms with E-state index in [1.165, 1.54) is 0 Å². The predicted octanol–water partition coefficient (Wildman–Crippen LogP) is 2.78. The zero-order chi connectivity index (χ0) is 8.20. The lowest BCUT2D eigenvalue weighted by Crippen LogP contribution is -2.08. The van der Waals surface area contributed by atoms with Crippen LogP contribution >= 0.6 is 0 Å². The van der Waals surface area contributed by atoms with Gasteiger partial charge in [0.05, 0.1) is 0 Å². The van der Waals surface area contributed by atoms with Crippen molar-refractivity contribution >= 4 is 0 Å². The first-order valence-electron chi connectivity index (χ1n) is 3.56. The van der Waals surface area contributed by atoms with Gasteiger partial charge in [-0.15, -0.1) is 6.42 Å². The third kappa shape index (κ3) is 5.62. The van der Waals surface area contributed by atoms with E-state index in [2.05, 4.69) is 26.7 Å². The molecule has 1 unspecified atom stereocenters. The molecule has 0 fully saturated rings. The summed E-state index contributed by atoms with van der Waals surface area (Å²) in [6.45, 7) is 6.24. The molecule has 0 saturated carbocycles. The molecule has 0 aliphatic carbocycles. The lowest BCUT2D eigenvalue weighted by molar-refractivity contribution is 0.301. The summed E-state index contributed by atoms with van der Waals surface area (Å²) in [5.41, 5.74) is 0.196. The molecule has 0 aromatic heterocycles. The van der Waals surface area contributed by atoms with Crippen molar-refractivity contribution in [1.29, 1.82) is 0 Å². The van der Waals surface area contributed by atoms with Gasteiger partial charge in [0.25, 0.3) is 0 Å². The van der Waals surface area contributed by atoms with Crippen LogP contribution in [0.3, 0.4) is 0 Å². The van der Waals surface area contributed by atoms with E-state index in [4.69, 9.17) is 6.42 Å². The molecule has 0 nitrogen and oxygen atoms in total. The van der Waals surface area contributed by atoms with Crippen LogP contribution in [0.5, 0.6) is 0 Å². The molecule has 0 aliphatic rings. The SMILES string of the molecule is C#CC(F)CCC(C)(C)C. The quantitative estimate of drug-likeness (QED) is 0.520. The fraction of sp³-hybridized carbons (Fsp3) is 0.778. The van der Waals surface area contributed by atoms with Gasteiger partial charge in [-0.05, 0) is 18.3 Å². The van der Waals surface area contributed by atoms with Crippen LogP contribution in [0.1, 0.15) is 33.6 Å². The topological polar surface area (TPSA) is 0 Å². The summed E-state index contributed by atoms with van der Waals surface area (Å²) in [5, 5.41) is 0. The molecule has 0 spiro atoms. The summed E-state index contributed by atoms with van der Waals surface area (Å²) in [6, 6.07) is 0. The van der Waals surface area contributed by atoms with Gasteiger partial charge >= 0.3 is 0 Å². The Hall–Kier alpha value is -0.510. The maximum atomic E-state index is 12.4. The van der Waals surface area contributed by atoms with Crippen LogP contribution in [0.25, 0.3) is 0 Å². The van der Waals surface area contributed by atoms with E-state index < -0.39 is 6.17 Å². The monoisotopic (exact) mass is 142 g/mol. The molecule has 0 amide bonds. The molecule has 58 valence electrons. The highest BCUT2D eigenvalue weighted by Gasteiger charge is 2.12. The summed E-state index contributed by atoms with van der Waals surface area (Å²) in [5.74, 6) is 2.07. The molecule has 0 bridgehead atoms. The second kappa shape index (κ2) is 3.61. The van der Waals surface area contributed by atoms with Gasteiger partial charge in [-0.1, -0.05) is 26.7 Å². The Balaban J connectivity index is 3.48. The Morgan fingerprint density at radius 2 is 2.00 bits per heavy atom. The molecule has 0 aromatic rings. The van der Waals surface area contributed by atoms with E-state index in [1.54, 1.807) is 0 Å². The van der Waals surface area contributed by atoms with Gasteiger partial charge < -0.3 is 0 Å². The smallest absolute Gasteiger partial charge is 0.160 e. The summed E-state index contributed by atoms with van der Waals surface area (Å²) < 4.78 is 12.4. The number of alkyl halides is 1. The van der Waals surface area contributed by atoms with Crippen LogP contribution in [-0.4, -0.2) is 6.17 Å². The summed E-state index contributed by atoms with van der Waals surface area (Å²) in [4.78, 5) is 0. The van der Waals surface area contributed by atoms with Crippen molar-refractivity contribution in [3.63, 3.8) is 0 Å². The number of hydrogen-bond acceptors (Lipinski definition) is 0. The first kappa shape index (κ1) is 9.49. The van der Waals surface area contributed by atoms with Crippen molar-refractivity contribution in [2.75, 3.05) is 0 Å². The normalized spacial score (nSPS) is 14.3. The molecule has 0 radical (unpaired) electrons. The van der Waals surface area contributed by atoms with Crippen LogP contribution in [0.4, 0.5) is 4.39 Å². The Morgan fingerprint density at radius 3 is 2.30 bits per heavy atom. The highest BCUT2D eigenvalue weighted by molar-refractivity contribution is 4.93. The van der Waals surface area contributed by atoms with Crippen molar-refractivity contribution in [3.8, 4) is 12.3 Å². The summed E-state index contributed by atoms with van der Waals surface area (Å²) in [7, 11) is 0. The summed E-state index contributed by atoms with van der Waals surface area (Å²) >= 11 is 0. The van der Waals surface area contributed by atoms with E-state index in [-0.39, 0.29) is 5.41 Å². The van der Waals surface area contributed by atoms with Gasteiger partial charge in [0.15, 0.2) is 6.17 Å². The van der Waals surface area contributed by atoms with E-state index in [0.717, 1.165) is 6.42 Å². The molecular formula is C9H15F. The highest BCUT2D eigenvalue weighted by Crippen LogP contribution is 2.21. The molecule has 1 heteroatoms. The Bertz CT molecular complexity index is 125. The Kier molecular flexibility index (Phi) is 3.42. The maximum absolute atomic E-state index is 12.4. The fourth-order valence-electron chi connectivity index (χ4n) is 0.643. The number of halogens is 1. The first-order valence-corrected chi connectivity index (χ1v) is 3.56. The van der Waals surface area contributed by atoms with Crippen LogP contribution in [0.15, 0.2) is 0 Å². The zero-order valence-corrected chi connectivity index (χ0v) is 6.95.